The topological polar surface area (TPSA) is 47.0 Å². The average molecular weight is 293 g/mol. The zero-order chi connectivity index (χ0) is 15.4. The highest BCUT2D eigenvalue weighted by Gasteiger charge is 2.15. The lowest BCUT2D eigenvalue weighted by Crippen LogP contribution is -2.08. The molecule has 0 amide bonds. The van der Waals surface area contributed by atoms with Crippen LogP contribution in [0.25, 0.3) is 11.4 Å². The van der Waals surface area contributed by atoms with Crippen LogP contribution < -0.4 is 10.1 Å². The van der Waals surface area contributed by atoms with Crippen LogP contribution >= 0.6 is 0 Å². The van der Waals surface area contributed by atoms with Gasteiger partial charge in [-0.1, -0.05) is 12.1 Å². The summed E-state index contributed by atoms with van der Waals surface area (Å²) in [5.41, 5.74) is 2.18. The first-order chi connectivity index (χ1) is 10.0. The van der Waals surface area contributed by atoms with E-state index < -0.39 is 6.61 Å². The molecule has 0 radical (unpaired) electrons. The van der Waals surface area contributed by atoms with E-state index in [1.807, 2.05) is 20.8 Å². The van der Waals surface area contributed by atoms with Gasteiger partial charge in [0.15, 0.2) is 5.82 Å². The molecule has 0 aliphatic rings. The maximum Gasteiger partial charge on any atom is 0.387 e. The standard InChI is InChI=1S/C15H17F2N3O/c1-4-18-13-9(2)10(3)19-14(20-13)11-7-5-6-8-12(11)21-15(16)17/h5-8,15H,4H2,1-3H3,(H,18,19,20). The van der Waals surface area contributed by atoms with Gasteiger partial charge in [-0.25, -0.2) is 9.97 Å². The number of hydrogen-bond donors (Lipinski definition) is 1. The lowest BCUT2D eigenvalue weighted by atomic mass is 10.1. The highest BCUT2D eigenvalue weighted by atomic mass is 19.3. The third-order valence-corrected chi connectivity index (χ3v) is 3.08. The van der Waals surface area contributed by atoms with Crippen molar-refractivity contribution < 1.29 is 13.5 Å². The van der Waals surface area contributed by atoms with Crippen molar-refractivity contribution in [3.63, 3.8) is 0 Å². The van der Waals surface area contributed by atoms with E-state index in [-0.39, 0.29) is 5.75 Å². The summed E-state index contributed by atoms with van der Waals surface area (Å²) in [7, 11) is 0. The summed E-state index contributed by atoms with van der Waals surface area (Å²) in [5.74, 6) is 1.13. The number of nitrogens with zero attached hydrogens (tertiary/aromatic N) is 2. The maximum absolute atomic E-state index is 12.5. The molecule has 1 N–H and O–H groups in total. The highest BCUT2D eigenvalue weighted by molar-refractivity contribution is 5.66. The van der Waals surface area contributed by atoms with E-state index >= 15 is 0 Å². The second kappa shape index (κ2) is 6.47. The molecule has 0 atom stereocenters. The number of hydrogen-bond acceptors (Lipinski definition) is 4. The minimum absolute atomic E-state index is 0.0678. The van der Waals surface area contributed by atoms with Gasteiger partial charge < -0.3 is 10.1 Å². The fraction of sp³-hybridized carbons (Fsp3) is 0.333. The molecule has 0 aliphatic carbocycles. The summed E-state index contributed by atoms with van der Waals surface area (Å²) in [6, 6.07) is 6.51. The van der Waals surface area contributed by atoms with E-state index in [1.165, 1.54) is 6.07 Å². The van der Waals surface area contributed by atoms with E-state index in [4.69, 9.17) is 0 Å². The summed E-state index contributed by atoms with van der Waals surface area (Å²) < 4.78 is 29.5. The molecule has 1 heterocycles. The van der Waals surface area contributed by atoms with Gasteiger partial charge in [-0.2, -0.15) is 8.78 Å². The first-order valence-electron chi connectivity index (χ1n) is 6.66. The van der Waals surface area contributed by atoms with Crippen molar-refractivity contribution in [1.29, 1.82) is 0 Å². The largest absolute Gasteiger partial charge is 0.434 e. The van der Waals surface area contributed by atoms with Crippen molar-refractivity contribution in [2.24, 2.45) is 0 Å². The Morgan fingerprint density at radius 2 is 1.90 bits per heavy atom. The van der Waals surface area contributed by atoms with Crippen molar-refractivity contribution in [3.8, 4) is 17.1 Å². The van der Waals surface area contributed by atoms with Crippen LogP contribution in [0, 0.1) is 13.8 Å². The van der Waals surface area contributed by atoms with Crippen molar-refractivity contribution in [1.82, 2.24) is 9.97 Å². The summed E-state index contributed by atoms with van der Waals surface area (Å²) in [6.45, 7) is 3.57. The number of nitrogens with one attached hydrogen (secondary N) is 1. The Kier molecular flexibility index (Phi) is 4.67. The number of benzene rings is 1. The monoisotopic (exact) mass is 293 g/mol. The number of anilines is 1. The number of alkyl halides is 2. The molecule has 0 saturated carbocycles. The quantitative estimate of drug-likeness (QED) is 0.911. The molecule has 0 saturated heterocycles. The van der Waals surface area contributed by atoms with Crippen LogP contribution in [0.3, 0.4) is 0 Å². The average Bonchev–Trinajstić information content (AvgIpc) is 2.44. The van der Waals surface area contributed by atoms with E-state index in [2.05, 4.69) is 20.0 Å². The van der Waals surface area contributed by atoms with Gasteiger partial charge in [0.1, 0.15) is 11.6 Å². The second-order valence-electron chi connectivity index (χ2n) is 4.51. The molecule has 112 valence electrons. The predicted molar refractivity (Wildman–Crippen MR) is 77.7 cm³/mol. The number of halogens is 2. The Bertz CT molecular complexity index is 632. The second-order valence-corrected chi connectivity index (χ2v) is 4.51. The molecule has 1 aromatic heterocycles. The van der Waals surface area contributed by atoms with Gasteiger partial charge in [0.2, 0.25) is 0 Å². The summed E-state index contributed by atoms with van der Waals surface area (Å²) in [6.07, 6.45) is 0. The number of ether oxygens (including phenoxy) is 1. The van der Waals surface area contributed by atoms with Crippen LogP contribution in [0.1, 0.15) is 18.2 Å². The molecule has 6 heteroatoms. The van der Waals surface area contributed by atoms with Crippen molar-refractivity contribution >= 4 is 5.82 Å². The van der Waals surface area contributed by atoms with Gasteiger partial charge in [0.25, 0.3) is 0 Å². The first-order valence-corrected chi connectivity index (χ1v) is 6.66. The van der Waals surface area contributed by atoms with Gasteiger partial charge in [0, 0.05) is 17.8 Å². The van der Waals surface area contributed by atoms with Crippen LogP contribution in [0.5, 0.6) is 5.75 Å². The van der Waals surface area contributed by atoms with Gasteiger partial charge in [-0.3, -0.25) is 0 Å². The number of para-hydroxylation sites is 1. The van der Waals surface area contributed by atoms with Crippen LogP contribution in [-0.4, -0.2) is 23.1 Å². The molecular formula is C15H17F2N3O. The predicted octanol–water partition coefficient (Wildman–Crippen LogP) is 3.79. The van der Waals surface area contributed by atoms with Gasteiger partial charge in [-0.05, 0) is 32.9 Å². The van der Waals surface area contributed by atoms with E-state index in [9.17, 15) is 8.78 Å². The fourth-order valence-corrected chi connectivity index (χ4v) is 1.94. The molecule has 0 aliphatic heterocycles. The lowest BCUT2D eigenvalue weighted by Gasteiger charge is -2.13. The molecule has 0 unspecified atom stereocenters. The Balaban J connectivity index is 2.51. The molecular weight excluding hydrogens is 276 g/mol. The van der Waals surface area contributed by atoms with Crippen molar-refractivity contribution in [2.75, 3.05) is 11.9 Å². The van der Waals surface area contributed by atoms with Crippen LogP contribution in [0.15, 0.2) is 24.3 Å². The van der Waals surface area contributed by atoms with Crippen molar-refractivity contribution in [2.45, 2.75) is 27.4 Å². The van der Waals surface area contributed by atoms with Gasteiger partial charge in [-0.15, -0.1) is 0 Å². The Morgan fingerprint density at radius 1 is 1.19 bits per heavy atom. The Morgan fingerprint density at radius 3 is 2.57 bits per heavy atom. The van der Waals surface area contributed by atoms with E-state index in [0.717, 1.165) is 11.3 Å². The Labute approximate surface area is 122 Å². The number of rotatable bonds is 5. The number of aryl methyl sites for hydroxylation is 1. The molecule has 1 aromatic carbocycles. The van der Waals surface area contributed by atoms with E-state index in [1.54, 1.807) is 18.2 Å². The fourth-order valence-electron chi connectivity index (χ4n) is 1.94. The Hall–Kier alpha value is -2.24. The summed E-state index contributed by atoms with van der Waals surface area (Å²) in [5, 5.41) is 3.15. The number of aromatic nitrogens is 2. The third kappa shape index (κ3) is 3.45. The lowest BCUT2D eigenvalue weighted by molar-refractivity contribution is -0.0494. The molecule has 0 fully saturated rings. The normalized spacial score (nSPS) is 10.8. The molecule has 21 heavy (non-hydrogen) atoms. The summed E-state index contributed by atoms with van der Waals surface area (Å²) in [4.78, 5) is 8.79. The van der Waals surface area contributed by atoms with Crippen LogP contribution in [-0.2, 0) is 0 Å². The molecule has 2 rings (SSSR count). The molecule has 4 nitrogen and oxygen atoms in total. The molecule has 2 aromatic rings. The van der Waals surface area contributed by atoms with Gasteiger partial charge in [0.05, 0.1) is 5.56 Å². The zero-order valence-electron chi connectivity index (χ0n) is 12.2. The van der Waals surface area contributed by atoms with E-state index in [0.29, 0.717) is 23.8 Å². The smallest absolute Gasteiger partial charge is 0.387 e. The third-order valence-electron chi connectivity index (χ3n) is 3.08. The zero-order valence-corrected chi connectivity index (χ0v) is 12.2. The van der Waals surface area contributed by atoms with Gasteiger partial charge >= 0.3 is 6.61 Å². The van der Waals surface area contributed by atoms with Crippen LogP contribution in [0.4, 0.5) is 14.6 Å². The molecule has 0 bridgehead atoms. The van der Waals surface area contributed by atoms with Crippen LogP contribution in [0.2, 0.25) is 0 Å². The van der Waals surface area contributed by atoms with Crippen molar-refractivity contribution in [3.05, 3.63) is 35.5 Å². The molecule has 0 spiro atoms. The first kappa shape index (κ1) is 15.2. The SMILES string of the molecule is CCNc1nc(-c2ccccc2OC(F)F)nc(C)c1C. The summed E-state index contributed by atoms with van der Waals surface area (Å²) >= 11 is 0. The minimum atomic E-state index is -2.88. The minimum Gasteiger partial charge on any atom is -0.434 e. The highest BCUT2D eigenvalue weighted by Crippen LogP contribution is 2.30. The maximum atomic E-state index is 12.5.